The Hall–Kier alpha value is -0.930. The molecule has 0 aliphatic carbocycles. The molecule has 1 fully saturated rings. The Morgan fingerprint density at radius 1 is 1.28 bits per heavy atom. The highest BCUT2D eigenvalue weighted by atomic mass is 19.1. The molecule has 2 unspecified atom stereocenters. The van der Waals surface area contributed by atoms with Crippen molar-refractivity contribution in [2.24, 2.45) is 5.92 Å². The summed E-state index contributed by atoms with van der Waals surface area (Å²) in [5, 5.41) is 10.4. The zero-order valence-electron chi connectivity index (χ0n) is 11.4. The van der Waals surface area contributed by atoms with Crippen LogP contribution in [0.4, 0.5) is 4.39 Å². The Bertz CT molecular complexity index is 440. The van der Waals surface area contributed by atoms with Crippen molar-refractivity contribution in [3.05, 3.63) is 35.6 Å². The van der Waals surface area contributed by atoms with Crippen molar-refractivity contribution in [3.8, 4) is 0 Å². The van der Waals surface area contributed by atoms with Crippen LogP contribution in [0.2, 0.25) is 0 Å². The van der Waals surface area contributed by atoms with Gasteiger partial charge in [-0.1, -0.05) is 18.2 Å². The van der Waals surface area contributed by atoms with Crippen LogP contribution in [0.15, 0.2) is 24.3 Å². The van der Waals surface area contributed by atoms with Crippen molar-refractivity contribution in [2.75, 3.05) is 0 Å². The second-order valence-electron chi connectivity index (χ2n) is 6.24. The number of ether oxygens (including phenoxy) is 1. The minimum atomic E-state index is -0.831. The maximum absolute atomic E-state index is 13.7. The second-order valence-corrected chi connectivity index (χ2v) is 6.24. The molecule has 0 spiro atoms. The van der Waals surface area contributed by atoms with Gasteiger partial charge in [0, 0.05) is 11.5 Å². The van der Waals surface area contributed by atoms with Crippen LogP contribution in [-0.4, -0.2) is 16.3 Å². The molecule has 2 nitrogen and oxygen atoms in total. The standard InChI is InChI=1S/C15H21FO2/c1-14(2)9-11(15(3,4)18-14)13(17)10-7-5-6-8-12(10)16/h5-8,11,13,17H,9H2,1-4H3. The van der Waals surface area contributed by atoms with E-state index >= 15 is 0 Å². The first-order valence-corrected chi connectivity index (χ1v) is 6.36. The molecule has 3 heteroatoms. The molecule has 1 aliphatic rings. The van der Waals surface area contributed by atoms with Crippen LogP contribution in [0.3, 0.4) is 0 Å². The molecule has 1 aromatic carbocycles. The SMILES string of the molecule is CC1(C)CC(C(O)c2ccccc2F)C(C)(C)O1. The Labute approximate surface area is 108 Å². The lowest BCUT2D eigenvalue weighted by molar-refractivity contribution is -0.0882. The highest BCUT2D eigenvalue weighted by Gasteiger charge is 2.49. The maximum Gasteiger partial charge on any atom is 0.129 e. The predicted octanol–water partition coefficient (Wildman–Crippen LogP) is 3.45. The highest BCUT2D eigenvalue weighted by molar-refractivity contribution is 5.22. The van der Waals surface area contributed by atoms with Gasteiger partial charge in [0.15, 0.2) is 0 Å². The zero-order valence-corrected chi connectivity index (χ0v) is 11.4. The molecular weight excluding hydrogens is 231 g/mol. The lowest BCUT2D eigenvalue weighted by Gasteiger charge is -2.30. The van der Waals surface area contributed by atoms with E-state index < -0.39 is 11.7 Å². The highest BCUT2D eigenvalue weighted by Crippen LogP contribution is 2.47. The smallest absolute Gasteiger partial charge is 0.129 e. The monoisotopic (exact) mass is 252 g/mol. The number of aliphatic hydroxyl groups excluding tert-OH is 1. The van der Waals surface area contributed by atoms with Gasteiger partial charge in [-0.3, -0.25) is 0 Å². The summed E-state index contributed by atoms with van der Waals surface area (Å²) >= 11 is 0. The third-order valence-corrected chi connectivity index (χ3v) is 3.75. The number of halogens is 1. The average Bonchev–Trinajstić information content (AvgIpc) is 2.46. The van der Waals surface area contributed by atoms with Crippen LogP contribution in [0.1, 0.15) is 45.8 Å². The fraction of sp³-hybridized carbons (Fsp3) is 0.600. The summed E-state index contributed by atoms with van der Waals surface area (Å²) in [6.07, 6.45) is -0.113. The van der Waals surface area contributed by atoms with Crippen LogP contribution in [0.25, 0.3) is 0 Å². The van der Waals surface area contributed by atoms with Gasteiger partial charge < -0.3 is 9.84 Å². The molecule has 1 N–H and O–H groups in total. The number of aliphatic hydroxyl groups is 1. The zero-order chi connectivity index (χ0) is 13.6. The van der Waals surface area contributed by atoms with Crippen molar-refractivity contribution >= 4 is 0 Å². The Kier molecular flexibility index (Phi) is 3.24. The molecule has 1 aliphatic heterocycles. The quantitative estimate of drug-likeness (QED) is 0.873. The molecule has 100 valence electrons. The van der Waals surface area contributed by atoms with E-state index in [-0.39, 0.29) is 17.3 Å². The van der Waals surface area contributed by atoms with Crippen LogP contribution < -0.4 is 0 Å². The molecule has 0 radical (unpaired) electrons. The maximum atomic E-state index is 13.7. The van der Waals surface area contributed by atoms with E-state index in [1.165, 1.54) is 6.07 Å². The molecule has 18 heavy (non-hydrogen) atoms. The normalized spacial score (nSPS) is 27.1. The van der Waals surface area contributed by atoms with Gasteiger partial charge >= 0.3 is 0 Å². The summed E-state index contributed by atoms with van der Waals surface area (Å²) in [4.78, 5) is 0. The van der Waals surface area contributed by atoms with Gasteiger partial charge in [-0.15, -0.1) is 0 Å². The molecule has 2 rings (SSSR count). The number of hydrogen-bond donors (Lipinski definition) is 1. The van der Waals surface area contributed by atoms with E-state index in [1.54, 1.807) is 18.2 Å². The summed E-state index contributed by atoms with van der Waals surface area (Å²) in [6.45, 7) is 7.92. The van der Waals surface area contributed by atoms with E-state index in [0.29, 0.717) is 5.56 Å². The third-order valence-electron chi connectivity index (χ3n) is 3.75. The molecular formula is C15H21FO2. The third kappa shape index (κ3) is 2.43. The van der Waals surface area contributed by atoms with Crippen LogP contribution in [0.5, 0.6) is 0 Å². The molecule has 1 aromatic rings. The fourth-order valence-electron chi connectivity index (χ4n) is 3.03. The molecule has 0 bridgehead atoms. The Balaban J connectivity index is 2.30. The van der Waals surface area contributed by atoms with Crippen molar-refractivity contribution in [2.45, 2.75) is 51.4 Å². The second kappa shape index (κ2) is 4.32. The van der Waals surface area contributed by atoms with Gasteiger partial charge in [0.05, 0.1) is 17.3 Å². The van der Waals surface area contributed by atoms with Crippen molar-refractivity contribution in [1.82, 2.24) is 0 Å². The molecule has 1 saturated heterocycles. The van der Waals surface area contributed by atoms with Crippen LogP contribution in [-0.2, 0) is 4.74 Å². The summed E-state index contributed by atoms with van der Waals surface area (Å²) in [5.74, 6) is -0.463. The topological polar surface area (TPSA) is 29.5 Å². The van der Waals surface area contributed by atoms with Gasteiger partial charge in [-0.25, -0.2) is 4.39 Å². The van der Waals surface area contributed by atoms with E-state index in [2.05, 4.69) is 0 Å². The molecule has 0 amide bonds. The number of hydrogen-bond acceptors (Lipinski definition) is 2. The number of rotatable bonds is 2. The first kappa shape index (κ1) is 13.5. The van der Waals surface area contributed by atoms with Gasteiger partial charge in [-0.2, -0.15) is 0 Å². The average molecular weight is 252 g/mol. The van der Waals surface area contributed by atoms with E-state index in [1.807, 2.05) is 27.7 Å². The van der Waals surface area contributed by atoms with E-state index in [9.17, 15) is 9.50 Å². The summed E-state index contributed by atoms with van der Waals surface area (Å²) in [6, 6.07) is 6.40. The van der Waals surface area contributed by atoms with Gasteiger partial charge in [0.25, 0.3) is 0 Å². The molecule has 0 saturated carbocycles. The fourth-order valence-corrected chi connectivity index (χ4v) is 3.03. The van der Waals surface area contributed by atoms with Gasteiger partial charge in [-0.05, 0) is 40.2 Å². The van der Waals surface area contributed by atoms with Gasteiger partial charge in [0.1, 0.15) is 5.82 Å². The molecule has 1 heterocycles. The summed E-state index contributed by atoms with van der Waals surface area (Å²) < 4.78 is 19.7. The first-order valence-electron chi connectivity index (χ1n) is 6.36. The predicted molar refractivity (Wildman–Crippen MR) is 68.7 cm³/mol. The molecule has 0 aromatic heterocycles. The van der Waals surface area contributed by atoms with Crippen LogP contribution in [0, 0.1) is 11.7 Å². The molecule has 2 atom stereocenters. The van der Waals surface area contributed by atoms with Crippen molar-refractivity contribution in [3.63, 3.8) is 0 Å². The van der Waals surface area contributed by atoms with E-state index in [4.69, 9.17) is 4.74 Å². The largest absolute Gasteiger partial charge is 0.388 e. The lowest BCUT2D eigenvalue weighted by Crippen LogP contribution is -2.32. The minimum Gasteiger partial charge on any atom is -0.388 e. The van der Waals surface area contributed by atoms with Crippen molar-refractivity contribution < 1.29 is 14.2 Å². The Morgan fingerprint density at radius 3 is 2.39 bits per heavy atom. The van der Waals surface area contributed by atoms with Crippen LogP contribution >= 0.6 is 0 Å². The summed E-state index contributed by atoms with van der Waals surface area (Å²) in [7, 11) is 0. The lowest BCUT2D eigenvalue weighted by atomic mass is 9.80. The minimum absolute atomic E-state index is 0.107. The van der Waals surface area contributed by atoms with Gasteiger partial charge in [0.2, 0.25) is 0 Å². The first-order chi connectivity index (χ1) is 8.23. The summed E-state index contributed by atoms with van der Waals surface area (Å²) in [5.41, 5.74) is -0.372. The van der Waals surface area contributed by atoms with E-state index in [0.717, 1.165) is 6.42 Å². The number of benzene rings is 1. The Morgan fingerprint density at radius 2 is 1.89 bits per heavy atom. The van der Waals surface area contributed by atoms with Crippen molar-refractivity contribution in [1.29, 1.82) is 0 Å².